The maximum Gasteiger partial charge on any atom is 0.235 e. The molecule has 4 heterocycles. The molecule has 10 heteroatoms. The number of piperazine rings is 1. The van der Waals surface area contributed by atoms with Crippen LogP contribution in [0.2, 0.25) is 0 Å². The zero-order chi connectivity index (χ0) is 23.5. The summed E-state index contributed by atoms with van der Waals surface area (Å²) in [5.41, 5.74) is 3.21. The highest BCUT2D eigenvalue weighted by Gasteiger charge is 2.20. The number of likely N-dealkylation sites (N-methyl/N-ethyl adjacent to an activating group) is 1. The lowest BCUT2D eigenvalue weighted by Crippen LogP contribution is -2.45. The van der Waals surface area contributed by atoms with Gasteiger partial charge in [0.05, 0.1) is 6.26 Å². The minimum absolute atomic E-state index is 0.451. The summed E-state index contributed by atoms with van der Waals surface area (Å²) in [5, 5.41) is 10.6. The number of furan rings is 1. The van der Waals surface area contributed by atoms with Gasteiger partial charge in [-0.05, 0) is 31.7 Å². The van der Waals surface area contributed by atoms with Gasteiger partial charge in [0.2, 0.25) is 17.8 Å². The molecule has 176 valence electrons. The van der Waals surface area contributed by atoms with Gasteiger partial charge in [0.15, 0.2) is 11.6 Å². The summed E-state index contributed by atoms with van der Waals surface area (Å²) < 4.78 is 5.45. The molecule has 1 fully saturated rings. The van der Waals surface area contributed by atoms with Crippen LogP contribution in [0.4, 0.5) is 23.7 Å². The SMILES string of the molecule is Cc1ccc(CN(C)c2nc(Nc3cc(-c4ccco4)[nH]n3)nc(N3CCN(C)CC3)n2)cc1. The summed E-state index contributed by atoms with van der Waals surface area (Å²) in [6.07, 6.45) is 1.63. The molecule has 1 aliphatic heterocycles. The maximum atomic E-state index is 5.45. The largest absolute Gasteiger partial charge is 0.463 e. The molecule has 10 nitrogen and oxygen atoms in total. The molecule has 4 aromatic rings. The van der Waals surface area contributed by atoms with Crippen molar-refractivity contribution >= 4 is 23.7 Å². The average Bonchev–Trinajstić information content (AvgIpc) is 3.53. The molecule has 0 aliphatic carbocycles. The van der Waals surface area contributed by atoms with Gasteiger partial charge < -0.3 is 24.4 Å². The number of nitrogens with zero attached hydrogens (tertiary/aromatic N) is 7. The minimum atomic E-state index is 0.451. The van der Waals surface area contributed by atoms with Crippen LogP contribution < -0.4 is 15.1 Å². The van der Waals surface area contributed by atoms with Crippen molar-refractivity contribution in [3.05, 3.63) is 59.9 Å². The number of nitrogens with one attached hydrogen (secondary N) is 2. The van der Waals surface area contributed by atoms with E-state index in [2.05, 4.69) is 63.6 Å². The van der Waals surface area contributed by atoms with Crippen LogP contribution in [-0.4, -0.2) is 70.3 Å². The van der Waals surface area contributed by atoms with E-state index < -0.39 is 0 Å². The number of aromatic amines is 1. The van der Waals surface area contributed by atoms with E-state index in [4.69, 9.17) is 19.4 Å². The summed E-state index contributed by atoms with van der Waals surface area (Å²) in [7, 11) is 4.13. The average molecular weight is 460 g/mol. The van der Waals surface area contributed by atoms with Crippen LogP contribution in [0.1, 0.15) is 11.1 Å². The van der Waals surface area contributed by atoms with E-state index in [0.29, 0.717) is 36.0 Å². The molecular weight excluding hydrogens is 430 g/mol. The smallest absolute Gasteiger partial charge is 0.235 e. The van der Waals surface area contributed by atoms with E-state index in [-0.39, 0.29) is 0 Å². The molecule has 0 spiro atoms. The fraction of sp³-hybridized carbons (Fsp3) is 0.333. The molecular formula is C24H29N9O. The molecule has 0 unspecified atom stereocenters. The Morgan fingerprint density at radius 2 is 1.85 bits per heavy atom. The van der Waals surface area contributed by atoms with Crippen molar-refractivity contribution in [1.29, 1.82) is 0 Å². The number of rotatable bonds is 7. The van der Waals surface area contributed by atoms with Gasteiger partial charge >= 0.3 is 0 Å². The lowest BCUT2D eigenvalue weighted by molar-refractivity contribution is 0.311. The zero-order valence-electron chi connectivity index (χ0n) is 19.7. The summed E-state index contributed by atoms with van der Waals surface area (Å²) in [6.45, 7) is 6.45. The Bertz CT molecular complexity index is 1210. The van der Waals surface area contributed by atoms with Gasteiger partial charge in [0, 0.05) is 45.8 Å². The zero-order valence-corrected chi connectivity index (χ0v) is 19.7. The van der Waals surface area contributed by atoms with Crippen molar-refractivity contribution in [3.8, 4) is 11.5 Å². The van der Waals surface area contributed by atoms with Crippen LogP contribution in [0.5, 0.6) is 0 Å². The molecule has 1 saturated heterocycles. The fourth-order valence-corrected chi connectivity index (χ4v) is 3.82. The number of anilines is 4. The van der Waals surface area contributed by atoms with Crippen LogP contribution in [-0.2, 0) is 6.54 Å². The Labute approximate surface area is 198 Å². The van der Waals surface area contributed by atoms with Gasteiger partial charge in [0.1, 0.15) is 5.69 Å². The predicted octanol–water partition coefficient (Wildman–Crippen LogP) is 3.29. The molecule has 2 N–H and O–H groups in total. The third-order valence-corrected chi connectivity index (χ3v) is 5.88. The number of H-pyrrole nitrogens is 1. The first kappa shape index (κ1) is 21.9. The number of benzene rings is 1. The lowest BCUT2D eigenvalue weighted by Gasteiger charge is -2.32. The number of aryl methyl sites for hydroxylation is 1. The van der Waals surface area contributed by atoms with E-state index >= 15 is 0 Å². The second kappa shape index (κ2) is 9.52. The van der Waals surface area contributed by atoms with Crippen molar-refractivity contribution in [2.24, 2.45) is 0 Å². The van der Waals surface area contributed by atoms with Crippen molar-refractivity contribution in [2.45, 2.75) is 13.5 Å². The molecule has 0 atom stereocenters. The van der Waals surface area contributed by atoms with Crippen LogP contribution in [0.15, 0.2) is 53.1 Å². The minimum Gasteiger partial charge on any atom is -0.463 e. The predicted molar refractivity (Wildman–Crippen MR) is 132 cm³/mol. The molecule has 0 saturated carbocycles. The van der Waals surface area contributed by atoms with Gasteiger partial charge in [-0.3, -0.25) is 5.10 Å². The monoisotopic (exact) mass is 459 g/mol. The van der Waals surface area contributed by atoms with Gasteiger partial charge in [-0.1, -0.05) is 29.8 Å². The van der Waals surface area contributed by atoms with Gasteiger partial charge in [-0.15, -0.1) is 0 Å². The van der Waals surface area contributed by atoms with Crippen molar-refractivity contribution in [2.75, 3.05) is 55.4 Å². The van der Waals surface area contributed by atoms with E-state index in [1.807, 2.05) is 30.1 Å². The first-order chi connectivity index (χ1) is 16.5. The topological polar surface area (TPSA) is 102 Å². The fourth-order valence-electron chi connectivity index (χ4n) is 3.82. The van der Waals surface area contributed by atoms with Crippen LogP contribution in [0.3, 0.4) is 0 Å². The molecule has 34 heavy (non-hydrogen) atoms. The molecule has 1 aromatic carbocycles. The van der Waals surface area contributed by atoms with Gasteiger partial charge in [0.25, 0.3) is 0 Å². The normalized spacial score (nSPS) is 14.4. The summed E-state index contributed by atoms with van der Waals surface area (Å²) in [5.74, 6) is 3.04. The molecule has 3 aromatic heterocycles. The molecule has 0 amide bonds. The van der Waals surface area contributed by atoms with E-state index in [1.165, 1.54) is 11.1 Å². The van der Waals surface area contributed by atoms with Crippen molar-refractivity contribution in [3.63, 3.8) is 0 Å². The Morgan fingerprint density at radius 3 is 2.59 bits per heavy atom. The molecule has 1 aliphatic rings. The maximum absolute atomic E-state index is 5.45. The molecule has 0 bridgehead atoms. The second-order valence-electron chi connectivity index (χ2n) is 8.66. The third kappa shape index (κ3) is 5.01. The Kier molecular flexibility index (Phi) is 6.13. The summed E-state index contributed by atoms with van der Waals surface area (Å²) in [4.78, 5) is 20.8. The standard InChI is InChI=1S/C24H29N9O/c1-17-6-8-18(9-7-17)16-32(3)23-26-22(27-24(28-23)33-12-10-31(2)11-13-33)25-21-15-19(29-30-21)20-5-4-14-34-20/h4-9,14-15H,10-13,16H2,1-3H3,(H2,25,26,27,28,29,30). The quantitative estimate of drug-likeness (QED) is 0.431. The summed E-state index contributed by atoms with van der Waals surface area (Å²) >= 11 is 0. The highest BCUT2D eigenvalue weighted by Crippen LogP contribution is 2.24. The Hall–Kier alpha value is -3.92. The Morgan fingerprint density at radius 1 is 1.06 bits per heavy atom. The van der Waals surface area contributed by atoms with E-state index in [0.717, 1.165) is 31.9 Å². The number of hydrogen-bond donors (Lipinski definition) is 2. The first-order valence-corrected chi connectivity index (χ1v) is 11.4. The summed E-state index contributed by atoms with van der Waals surface area (Å²) in [6, 6.07) is 14.1. The second-order valence-corrected chi connectivity index (χ2v) is 8.66. The number of hydrogen-bond acceptors (Lipinski definition) is 9. The number of aromatic nitrogens is 5. The molecule has 0 radical (unpaired) electrons. The van der Waals surface area contributed by atoms with Crippen LogP contribution in [0.25, 0.3) is 11.5 Å². The van der Waals surface area contributed by atoms with Crippen molar-refractivity contribution < 1.29 is 4.42 Å². The van der Waals surface area contributed by atoms with E-state index in [1.54, 1.807) is 6.26 Å². The lowest BCUT2D eigenvalue weighted by atomic mass is 10.1. The highest BCUT2D eigenvalue weighted by atomic mass is 16.3. The third-order valence-electron chi connectivity index (χ3n) is 5.88. The van der Waals surface area contributed by atoms with Crippen LogP contribution >= 0.6 is 0 Å². The molecule has 5 rings (SSSR count). The van der Waals surface area contributed by atoms with Gasteiger partial charge in [-0.2, -0.15) is 20.1 Å². The highest BCUT2D eigenvalue weighted by molar-refractivity contribution is 5.61. The Balaban J connectivity index is 1.41. The van der Waals surface area contributed by atoms with Gasteiger partial charge in [-0.25, -0.2) is 0 Å². The van der Waals surface area contributed by atoms with E-state index in [9.17, 15) is 0 Å². The van der Waals surface area contributed by atoms with Crippen molar-refractivity contribution in [1.82, 2.24) is 30.0 Å². The first-order valence-electron chi connectivity index (χ1n) is 11.4. The van der Waals surface area contributed by atoms with Crippen LogP contribution in [0, 0.1) is 6.92 Å².